The fraction of sp³-hybridized carbons (Fsp3) is 0.917. The second-order valence-corrected chi connectivity index (χ2v) is 4.97. The van der Waals surface area contributed by atoms with Crippen molar-refractivity contribution in [1.82, 2.24) is 5.32 Å². The Bertz CT molecular complexity index is 267. The quantitative estimate of drug-likeness (QED) is 0.737. The molecule has 2 fully saturated rings. The number of hydrogen-bond donors (Lipinski definition) is 1. The molecule has 1 saturated carbocycles. The molecule has 2 rings (SSSR count). The Labute approximate surface area is 96.9 Å². The number of nitriles is 1. The predicted molar refractivity (Wildman–Crippen MR) is 60.0 cm³/mol. The van der Waals surface area contributed by atoms with Gasteiger partial charge in [0.1, 0.15) is 5.54 Å². The summed E-state index contributed by atoms with van der Waals surface area (Å²) in [4.78, 5) is 0. The topological polar surface area (TPSA) is 54.3 Å². The van der Waals surface area contributed by atoms with Gasteiger partial charge in [-0.1, -0.05) is 0 Å². The first-order valence-corrected chi connectivity index (χ1v) is 6.10. The molecule has 16 heavy (non-hydrogen) atoms. The average Bonchev–Trinajstić information content (AvgIpc) is 2.92. The maximum absolute atomic E-state index is 9.16. The number of ether oxygens (including phenoxy) is 2. The van der Waals surface area contributed by atoms with Crippen LogP contribution in [0.3, 0.4) is 0 Å². The monoisotopic (exact) mass is 224 g/mol. The molecule has 2 unspecified atom stereocenters. The molecule has 1 aliphatic heterocycles. The number of rotatable bonds is 6. The Morgan fingerprint density at radius 3 is 2.88 bits per heavy atom. The van der Waals surface area contributed by atoms with Crippen LogP contribution in [0.4, 0.5) is 0 Å². The van der Waals surface area contributed by atoms with Crippen LogP contribution in [0, 0.1) is 11.3 Å². The van der Waals surface area contributed by atoms with Crippen molar-refractivity contribution in [1.29, 1.82) is 5.26 Å². The number of hydrogen-bond acceptors (Lipinski definition) is 4. The van der Waals surface area contributed by atoms with E-state index in [1.165, 1.54) is 12.8 Å². The molecule has 1 saturated heterocycles. The maximum atomic E-state index is 9.16. The van der Waals surface area contributed by atoms with Crippen LogP contribution in [0.2, 0.25) is 0 Å². The highest BCUT2D eigenvalue weighted by Crippen LogP contribution is 2.24. The highest BCUT2D eigenvalue weighted by Gasteiger charge is 2.32. The van der Waals surface area contributed by atoms with Crippen LogP contribution in [-0.2, 0) is 9.47 Å². The van der Waals surface area contributed by atoms with Gasteiger partial charge in [0.15, 0.2) is 0 Å². The summed E-state index contributed by atoms with van der Waals surface area (Å²) < 4.78 is 10.9. The Hall–Kier alpha value is -0.630. The molecule has 4 heteroatoms. The lowest BCUT2D eigenvalue weighted by Crippen LogP contribution is -2.43. The Morgan fingerprint density at radius 2 is 2.31 bits per heavy atom. The van der Waals surface area contributed by atoms with Crippen molar-refractivity contribution >= 4 is 0 Å². The van der Waals surface area contributed by atoms with E-state index in [9.17, 15) is 0 Å². The van der Waals surface area contributed by atoms with Gasteiger partial charge in [0.25, 0.3) is 0 Å². The van der Waals surface area contributed by atoms with Crippen LogP contribution in [0.5, 0.6) is 0 Å². The van der Waals surface area contributed by atoms with E-state index in [0.29, 0.717) is 19.3 Å². The molecule has 2 atom stereocenters. The fourth-order valence-electron chi connectivity index (χ4n) is 1.91. The van der Waals surface area contributed by atoms with E-state index >= 15 is 0 Å². The van der Waals surface area contributed by atoms with Crippen LogP contribution >= 0.6 is 0 Å². The first-order valence-electron chi connectivity index (χ1n) is 6.10. The van der Waals surface area contributed by atoms with Gasteiger partial charge in [0.2, 0.25) is 0 Å². The molecule has 2 aliphatic rings. The van der Waals surface area contributed by atoms with Crippen LogP contribution in [0.1, 0.15) is 32.6 Å². The third-order valence-electron chi connectivity index (χ3n) is 3.19. The van der Waals surface area contributed by atoms with E-state index in [2.05, 4.69) is 11.4 Å². The second-order valence-electron chi connectivity index (χ2n) is 4.97. The molecule has 0 spiro atoms. The van der Waals surface area contributed by atoms with E-state index < -0.39 is 5.54 Å². The van der Waals surface area contributed by atoms with E-state index in [1.54, 1.807) is 0 Å². The Morgan fingerprint density at radius 1 is 1.50 bits per heavy atom. The van der Waals surface area contributed by atoms with Crippen LogP contribution in [0.25, 0.3) is 0 Å². The highest BCUT2D eigenvalue weighted by atomic mass is 16.5. The third kappa shape index (κ3) is 3.44. The van der Waals surface area contributed by atoms with E-state index in [-0.39, 0.29) is 6.10 Å². The van der Waals surface area contributed by atoms with Crippen LogP contribution in [0.15, 0.2) is 0 Å². The summed E-state index contributed by atoms with van der Waals surface area (Å²) in [5.74, 6) is 0. The van der Waals surface area contributed by atoms with Gasteiger partial charge in [-0.05, 0) is 26.2 Å². The predicted octanol–water partition coefficient (Wildman–Crippen LogP) is 1.22. The van der Waals surface area contributed by atoms with Gasteiger partial charge in [-0.3, -0.25) is 5.32 Å². The lowest BCUT2D eigenvalue weighted by atomic mass is 10.0. The summed E-state index contributed by atoms with van der Waals surface area (Å²) in [6.45, 7) is 4.11. The second kappa shape index (κ2) is 5.13. The van der Waals surface area contributed by atoms with E-state index in [1.807, 2.05) is 6.92 Å². The zero-order chi connectivity index (χ0) is 11.4. The lowest BCUT2D eigenvalue weighted by molar-refractivity contribution is 0.0348. The summed E-state index contributed by atoms with van der Waals surface area (Å²) in [5.41, 5.74) is -0.430. The summed E-state index contributed by atoms with van der Waals surface area (Å²) >= 11 is 0. The third-order valence-corrected chi connectivity index (χ3v) is 3.19. The first kappa shape index (κ1) is 11.8. The molecular weight excluding hydrogens is 204 g/mol. The largest absolute Gasteiger partial charge is 0.379 e. The molecule has 0 aromatic rings. The first-order chi connectivity index (χ1) is 7.72. The highest BCUT2D eigenvalue weighted by molar-refractivity contribution is 5.07. The summed E-state index contributed by atoms with van der Waals surface area (Å²) in [6, 6.07) is 2.91. The van der Waals surface area contributed by atoms with Crippen molar-refractivity contribution in [3.8, 4) is 6.07 Å². The van der Waals surface area contributed by atoms with E-state index in [0.717, 1.165) is 19.4 Å². The number of nitrogens with one attached hydrogen (secondary N) is 1. The molecule has 1 heterocycles. The Kier molecular flexibility index (Phi) is 3.80. The molecule has 0 aromatic carbocycles. The standard InChI is InChI=1S/C12H20N2O2/c1-12(9-13,14-10-2-3-10)5-7-16-11-4-6-15-8-11/h10-11,14H,2-8H2,1H3. The molecular formula is C12H20N2O2. The fourth-order valence-corrected chi connectivity index (χ4v) is 1.91. The molecule has 0 bridgehead atoms. The molecule has 90 valence electrons. The van der Waals surface area contributed by atoms with Gasteiger partial charge in [-0.15, -0.1) is 0 Å². The molecule has 4 nitrogen and oxygen atoms in total. The van der Waals surface area contributed by atoms with Gasteiger partial charge in [0.05, 0.1) is 18.8 Å². The van der Waals surface area contributed by atoms with Crippen molar-refractivity contribution in [3.63, 3.8) is 0 Å². The van der Waals surface area contributed by atoms with Gasteiger partial charge in [-0.2, -0.15) is 5.26 Å². The summed E-state index contributed by atoms with van der Waals surface area (Å²) in [5, 5.41) is 12.5. The van der Waals surface area contributed by atoms with Crippen LogP contribution in [-0.4, -0.2) is 37.5 Å². The lowest BCUT2D eigenvalue weighted by Gasteiger charge is -2.23. The van der Waals surface area contributed by atoms with Crippen molar-refractivity contribution in [3.05, 3.63) is 0 Å². The molecule has 1 N–H and O–H groups in total. The minimum Gasteiger partial charge on any atom is -0.379 e. The zero-order valence-electron chi connectivity index (χ0n) is 9.87. The zero-order valence-corrected chi connectivity index (χ0v) is 9.87. The molecule has 0 radical (unpaired) electrons. The SMILES string of the molecule is CC(C#N)(CCOC1CCOC1)NC1CC1. The smallest absolute Gasteiger partial charge is 0.106 e. The summed E-state index contributed by atoms with van der Waals surface area (Å²) in [6.07, 6.45) is 4.38. The molecule has 1 aliphatic carbocycles. The van der Waals surface area contributed by atoms with Crippen molar-refractivity contribution in [2.75, 3.05) is 19.8 Å². The Balaban J connectivity index is 1.67. The average molecular weight is 224 g/mol. The number of nitrogens with zero attached hydrogens (tertiary/aromatic N) is 1. The molecule has 0 amide bonds. The van der Waals surface area contributed by atoms with Crippen LogP contribution < -0.4 is 5.32 Å². The van der Waals surface area contributed by atoms with Gasteiger partial charge in [0, 0.05) is 25.7 Å². The van der Waals surface area contributed by atoms with Crippen molar-refractivity contribution < 1.29 is 9.47 Å². The molecule has 0 aromatic heterocycles. The normalized spacial score (nSPS) is 28.6. The van der Waals surface area contributed by atoms with Gasteiger partial charge < -0.3 is 9.47 Å². The van der Waals surface area contributed by atoms with Gasteiger partial charge >= 0.3 is 0 Å². The van der Waals surface area contributed by atoms with Crippen molar-refractivity contribution in [2.24, 2.45) is 0 Å². The summed E-state index contributed by atoms with van der Waals surface area (Å²) in [7, 11) is 0. The van der Waals surface area contributed by atoms with Crippen molar-refractivity contribution in [2.45, 2.75) is 50.3 Å². The minimum atomic E-state index is -0.430. The van der Waals surface area contributed by atoms with Gasteiger partial charge in [-0.25, -0.2) is 0 Å². The van der Waals surface area contributed by atoms with E-state index in [4.69, 9.17) is 14.7 Å². The minimum absolute atomic E-state index is 0.240. The maximum Gasteiger partial charge on any atom is 0.106 e.